The number of carbonyl (C=O) groups excluding carboxylic acids is 1. The molecule has 0 bridgehead atoms. The van der Waals surface area contributed by atoms with Gasteiger partial charge in [-0.3, -0.25) is 4.79 Å². The van der Waals surface area contributed by atoms with E-state index in [-0.39, 0.29) is 6.61 Å². The molecule has 0 aromatic heterocycles. The van der Waals surface area contributed by atoms with Crippen LogP contribution in [0.15, 0.2) is 0 Å². The zero-order valence-electron chi connectivity index (χ0n) is 30.5. The highest BCUT2D eigenvalue weighted by Gasteiger charge is 2.39. The van der Waals surface area contributed by atoms with E-state index in [1.165, 1.54) is 167 Å². The number of hydrogen-bond acceptors (Lipinski definition) is 3. The largest absolute Gasteiger partial charge is 0.479 e. The van der Waals surface area contributed by atoms with Crippen LogP contribution in [0.5, 0.6) is 0 Å². The number of aliphatic carboxylic acids is 1. The Bertz CT molecular complexity index is 602. The molecule has 0 radical (unpaired) electrons. The summed E-state index contributed by atoms with van der Waals surface area (Å²) in [5, 5.41) is 10.1. The first-order valence-electron chi connectivity index (χ1n) is 20.1. The van der Waals surface area contributed by atoms with Gasteiger partial charge < -0.3 is 15.6 Å². The number of nitrogens with two attached hydrogens (primary N) is 1. The fourth-order valence-electron chi connectivity index (χ4n) is 6.67. The monoisotopic (exact) mass is 638 g/mol. The fraction of sp³-hybridized carbons (Fsp3) is 0.950. The summed E-state index contributed by atoms with van der Waals surface area (Å²) >= 11 is 0. The number of amides is 1. The number of carboxylic acid groups (broad SMARTS) is 1. The molecule has 0 heterocycles. The lowest BCUT2D eigenvalue weighted by atomic mass is 9.89. The van der Waals surface area contributed by atoms with Crippen molar-refractivity contribution in [1.82, 2.24) is 0 Å². The number of hydrogen-bond donors (Lipinski definition) is 2. The first-order chi connectivity index (χ1) is 22.0. The maximum Gasteiger partial charge on any atom is 0.335 e. The van der Waals surface area contributed by atoms with E-state index in [1.807, 2.05) is 0 Å². The van der Waals surface area contributed by atoms with Crippen LogP contribution in [-0.2, 0) is 14.3 Å². The van der Waals surface area contributed by atoms with Crippen LogP contribution in [0.4, 0.5) is 0 Å². The molecule has 5 nitrogen and oxygen atoms in total. The smallest absolute Gasteiger partial charge is 0.335 e. The molecule has 0 aliphatic carbocycles. The zero-order valence-corrected chi connectivity index (χ0v) is 30.5. The molecule has 0 atom stereocenters. The van der Waals surface area contributed by atoms with Gasteiger partial charge in [0.15, 0.2) is 5.60 Å². The van der Waals surface area contributed by atoms with E-state index in [2.05, 4.69) is 13.8 Å². The molecule has 3 N–H and O–H groups in total. The van der Waals surface area contributed by atoms with E-state index in [0.717, 1.165) is 38.5 Å². The highest BCUT2D eigenvalue weighted by atomic mass is 16.5. The molecule has 268 valence electrons. The summed E-state index contributed by atoms with van der Waals surface area (Å²) < 4.78 is 5.73. The van der Waals surface area contributed by atoms with Crippen molar-refractivity contribution >= 4 is 11.9 Å². The van der Waals surface area contributed by atoms with Crippen molar-refractivity contribution in [3.63, 3.8) is 0 Å². The van der Waals surface area contributed by atoms with Crippen molar-refractivity contribution in [2.24, 2.45) is 5.73 Å². The highest BCUT2D eigenvalue weighted by Crippen LogP contribution is 2.28. The lowest BCUT2D eigenvalue weighted by Crippen LogP contribution is -2.43. The second-order valence-electron chi connectivity index (χ2n) is 14.2. The Morgan fingerprint density at radius 3 is 0.867 bits per heavy atom. The fourth-order valence-corrected chi connectivity index (χ4v) is 6.67. The van der Waals surface area contributed by atoms with Crippen LogP contribution in [0.2, 0.25) is 0 Å². The molecule has 1 amide bonds. The van der Waals surface area contributed by atoms with Crippen LogP contribution in [0, 0.1) is 0 Å². The van der Waals surface area contributed by atoms with Crippen LogP contribution in [-0.4, -0.2) is 29.2 Å². The third-order valence-corrected chi connectivity index (χ3v) is 9.75. The Morgan fingerprint density at radius 1 is 0.444 bits per heavy atom. The number of carbonyl (C=O) groups is 2. The minimum Gasteiger partial charge on any atom is -0.479 e. The molecular formula is C40H79NO4. The lowest BCUT2D eigenvalue weighted by Gasteiger charge is -2.29. The predicted molar refractivity (Wildman–Crippen MR) is 194 cm³/mol. The number of ether oxygens (including phenoxy) is 1. The van der Waals surface area contributed by atoms with Crippen molar-refractivity contribution in [2.45, 2.75) is 238 Å². The molecule has 0 rings (SSSR count). The van der Waals surface area contributed by atoms with Gasteiger partial charge in [-0.15, -0.1) is 0 Å². The van der Waals surface area contributed by atoms with Crippen LogP contribution >= 0.6 is 0 Å². The van der Waals surface area contributed by atoms with E-state index in [4.69, 9.17) is 10.5 Å². The van der Waals surface area contributed by atoms with Gasteiger partial charge in [0.25, 0.3) is 0 Å². The van der Waals surface area contributed by atoms with Gasteiger partial charge in [0, 0.05) is 0 Å². The quantitative estimate of drug-likeness (QED) is 0.0659. The first-order valence-corrected chi connectivity index (χ1v) is 20.1. The topological polar surface area (TPSA) is 89.6 Å². The van der Waals surface area contributed by atoms with Gasteiger partial charge in [0.2, 0.25) is 5.91 Å². The summed E-state index contributed by atoms with van der Waals surface area (Å²) in [6.45, 7) is 4.23. The Kier molecular flexibility index (Phi) is 33.4. The van der Waals surface area contributed by atoms with Gasteiger partial charge in [-0.25, -0.2) is 4.79 Å². The van der Waals surface area contributed by atoms with E-state index in [1.54, 1.807) is 0 Å². The van der Waals surface area contributed by atoms with Crippen LogP contribution in [0.1, 0.15) is 232 Å². The highest BCUT2D eigenvalue weighted by molar-refractivity contribution is 5.79. The predicted octanol–water partition coefficient (Wildman–Crippen LogP) is 12.6. The van der Waals surface area contributed by atoms with Gasteiger partial charge >= 0.3 is 5.97 Å². The molecule has 0 saturated carbocycles. The van der Waals surface area contributed by atoms with E-state index in [0.29, 0.717) is 12.8 Å². The molecule has 0 aliphatic rings. The molecule has 0 aromatic rings. The third kappa shape index (κ3) is 30.0. The maximum absolute atomic E-state index is 12.3. The summed E-state index contributed by atoms with van der Waals surface area (Å²) in [6.07, 6.45) is 42.2. The molecule has 45 heavy (non-hydrogen) atoms. The standard InChI is InChI=1S/C40H79NO4/c1-3-5-7-9-11-13-15-17-19-21-23-25-27-29-31-33-35-40(39(43)44,45-37-38(41)42)36-34-32-30-28-26-24-22-20-18-16-14-12-10-8-6-4-2/h3-37H2,1-2H3,(H2,41,42)(H,43,44). The summed E-state index contributed by atoms with van der Waals surface area (Å²) in [5.41, 5.74) is 4.05. The first kappa shape index (κ1) is 43.9. The number of unbranched alkanes of at least 4 members (excludes halogenated alkanes) is 30. The van der Waals surface area contributed by atoms with Gasteiger partial charge in [-0.2, -0.15) is 0 Å². The Hall–Kier alpha value is -1.10. The van der Waals surface area contributed by atoms with Crippen LogP contribution in [0.25, 0.3) is 0 Å². The van der Waals surface area contributed by atoms with E-state index >= 15 is 0 Å². The number of rotatable bonds is 38. The second-order valence-corrected chi connectivity index (χ2v) is 14.2. The third-order valence-electron chi connectivity index (χ3n) is 9.75. The van der Waals surface area contributed by atoms with Crippen molar-refractivity contribution in [1.29, 1.82) is 0 Å². The number of carboxylic acids is 1. The molecule has 0 fully saturated rings. The van der Waals surface area contributed by atoms with Crippen LogP contribution < -0.4 is 5.73 Å². The van der Waals surface area contributed by atoms with E-state index in [9.17, 15) is 14.7 Å². The Morgan fingerprint density at radius 2 is 0.667 bits per heavy atom. The average molecular weight is 638 g/mol. The van der Waals surface area contributed by atoms with Gasteiger partial charge in [0.05, 0.1) is 0 Å². The summed E-state index contributed by atoms with van der Waals surface area (Å²) in [6, 6.07) is 0. The summed E-state index contributed by atoms with van der Waals surface area (Å²) in [4.78, 5) is 23.8. The van der Waals surface area contributed by atoms with Crippen molar-refractivity contribution in [3.8, 4) is 0 Å². The van der Waals surface area contributed by atoms with Crippen molar-refractivity contribution < 1.29 is 19.4 Å². The molecule has 0 spiro atoms. The minimum absolute atomic E-state index is 0.315. The summed E-state index contributed by atoms with van der Waals surface area (Å²) in [7, 11) is 0. The summed E-state index contributed by atoms with van der Waals surface area (Å²) in [5.74, 6) is -1.54. The SMILES string of the molecule is CCCCCCCCCCCCCCCCCCC(CCCCCCCCCCCCCCCCCC)(OCC(N)=O)C(=O)O. The Labute approximate surface area is 281 Å². The zero-order chi connectivity index (χ0) is 33.1. The molecule has 0 aromatic carbocycles. The minimum atomic E-state index is -1.28. The molecule has 0 aliphatic heterocycles. The number of primary amides is 1. The van der Waals surface area contributed by atoms with Gasteiger partial charge in [-0.05, 0) is 25.7 Å². The van der Waals surface area contributed by atoms with Gasteiger partial charge in [0.1, 0.15) is 6.61 Å². The maximum atomic E-state index is 12.3. The molecule has 0 saturated heterocycles. The van der Waals surface area contributed by atoms with E-state index < -0.39 is 17.5 Å². The van der Waals surface area contributed by atoms with Crippen molar-refractivity contribution in [2.75, 3.05) is 6.61 Å². The van der Waals surface area contributed by atoms with Crippen LogP contribution in [0.3, 0.4) is 0 Å². The molecule has 5 heteroatoms. The average Bonchev–Trinajstić information content (AvgIpc) is 3.02. The second kappa shape index (κ2) is 34.2. The normalized spacial score (nSPS) is 11.8. The van der Waals surface area contributed by atoms with Gasteiger partial charge in [-0.1, -0.05) is 206 Å². The Balaban J connectivity index is 3.95. The molecular weight excluding hydrogens is 558 g/mol. The lowest BCUT2D eigenvalue weighted by molar-refractivity contribution is -0.170. The molecule has 0 unspecified atom stereocenters. The van der Waals surface area contributed by atoms with Crippen molar-refractivity contribution in [3.05, 3.63) is 0 Å².